The maximum atomic E-state index is 13.0. The van der Waals surface area contributed by atoms with Crippen LogP contribution in [0, 0.1) is 11.8 Å². The third-order valence-corrected chi connectivity index (χ3v) is 5.21. The summed E-state index contributed by atoms with van der Waals surface area (Å²) in [5, 5.41) is 0. The third-order valence-electron chi connectivity index (χ3n) is 5.21. The Morgan fingerprint density at radius 2 is 1.90 bits per heavy atom. The summed E-state index contributed by atoms with van der Waals surface area (Å²) in [6.45, 7) is 11.6. The molecule has 0 N–H and O–H groups in total. The van der Waals surface area contributed by atoms with Gasteiger partial charge in [-0.2, -0.15) is 0 Å². The van der Waals surface area contributed by atoms with E-state index in [9.17, 15) is 9.59 Å². The van der Waals surface area contributed by atoms with E-state index in [-0.39, 0.29) is 12.8 Å². The Hall–Kier alpha value is -1.34. The number of rotatable bonds is 7. The Balaban J connectivity index is 3.03. The number of cyclic esters (lactones) is 1. The summed E-state index contributed by atoms with van der Waals surface area (Å²) >= 11 is 0. The van der Waals surface area contributed by atoms with Crippen LogP contribution in [-0.2, 0) is 23.7 Å². The number of esters is 1. The second-order valence-electron chi connectivity index (χ2n) is 9.39. The topological polar surface area (TPSA) is 74.3 Å². The standard InChI is InChI=1S/C22H41NO6/c1-15(2)12-13-17-10-9-11-18(20(24)28-16(3)19(17)27-8)23(14-26-7)21(25)29-22(4,5)6/h15-19H,9-14H2,1-8H3. The monoisotopic (exact) mass is 415 g/mol. The van der Waals surface area contributed by atoms with Gasteiger partial charge in [0.15, 0.2) is 0 Å². The van der Waals surface area contributed by atoms with E-state index in [0.29, 0.717) is 18.3 Å². The zero-order chi connectivity index (χ0) is 22.2. The van der Waals surface area contributed by atoms with Crippen LogP contribution in [0.25, 0.3) is 0 Å². The van der Waals surface area contributed by atoms with Gasteiger partial charge in [-0.3, -0.25) is 4.90 Å². The molecular formula is C22H41NO6. The highest BCUT2D eigenvalue weighted by Gasteiger charge is 2.38. The molecule has 7 heteroatoms. The van der Waals surface area contributed by atoms with Crippen molar-refractivity contribution in [1.82, 2.24) is 4.90 Å². The molecule has 0 aromatic carbocycles. The maximum absolute atomic E-state index is 13.0. The lowest BCUT2D eigenvalue weighted by molar-refractivity contribution is -0.164. The summed E-state index contributed by atoms with van der Waals surface area (Å²) in [5.41, 5.74) is -0.665. The van der Waals surface area contributed by atoms with E-state index in [1.165, 1.54) is 12.0 Å². The molecule has 1 saturated heterocycles. The van der Waals surface area contributed by atoms with Gasteiger partial charge in [-0.1, -0.05) is 26.7 Å². The van der Waals surface area contributed by atoms with Crippen LogP contribution in [0.5, 0.6) is 0 Å². The summed E-state index contributed by atoms with van der Waals surface area (Å²) < 4.78 is 22.2. The first-order valence-corrected chi connectivity index (χ1v) is 10.7. The van der Waals surface area contributed by atoms with Crippen molar-refractivity contribution in [3.8, 4) is 0 Å². The molecule has 0 saturated carbocycles. The van der Waals surface area contributed by atoms with Gasteiger partial charge in [0.05, 0.1) is 6.10 Å². The lowest BCUT2D eigenvalue weighted by atomic mass is 9.86. The predicted molar refractivity (Wildman–Crippen MR) is 112 cm³/mol. The molecule has 0 aromatic heterocycles. The van der Waals surface area contributed by atoms with Crippen molar-refractivity contribution >= 4 is 12.1 Å². The van der Waals surface area contributed by atoms with Crippen LogP contribution in [0.15, 0.2) is 0 Å². The summed E-state index contributed by atoms with van der Waals surface area (Å²) in [6, 6.07) is -0.742. The molecule has 170 valence electrons. The summed E-state index contributed by atoms with van der Waals surface area (Å²) in [6.07, 6.45) is 3.20. The van der Waals surface area contributed by atoms with E-state index in [4.69, 9.17) is 18.9 Å². The number of hydrogen-bond acceptors (Lipinski definition) is 6. The Kier molecular flexibility index (Phi) is 10.4. The van der Waals surface area contributed by atoms with Gasteiger partial charge in [0.25, 0.3) is 0 Å². The van der Waals surface area contributed by atoms with Gasteiger partial charge in [-0.15, -0.1) is 0 Å². The summed E-state index contributed by atoms with van der Waals surface area (Å²) in [4.78, 5) is 27.0. The van der Waals surface area contributed by atoms with Crippen molar-refractivity contribution in [2.45, 2.75) is 97.5 Å². The molecule has 4 atom stereocenters. The van der Waals surface area contributed by atoms with Crippen LogP contribution in [0.4, 0.5) is 4.79 Å². The minimum atomic E-state index is -0.742. The summed E-state index contributed by atoms with van der Waals surface area (Å²) in [7, 11) is 3.16. The Morgan fingerprint density at radius 1 is 1.24 bits per heavy atom. The van der Waals surface area contributed by atoms with Gasteiger partial charge in [0, 0.05) is 14.2 Å². The van der Waals surface area contributed by atoms with Crippen molar-refractivity contribution in [2.75, 3.05) is 21.0 Å². The number of ether oxygens (including phenoxy) is 4. The Morgan fingerprint density at radius 3 is 2.41 bits per heavy atom. The third kappa shape index (κ3) is 8.51. The zero-order valence-corrected chi connectivity index (χ0v) is 19.5. The van der Waals surface area contributed by atoms with Crippen LogP contribution in [-0.4, -0.2) is 61.8 Å². The molecule has 1 fully saturated rings. The molecule has 7 nitrogen and oxygen atoms in total. The average Bonchev–Trinajstić information content (AvgIpc) is 2.64. The first-order valence-electron chi connectivity index (χ1n) is 10.7. The van der Waals surface area contributed by atoms with Crippen molar-refractivity contribution < 1.29 is 28.5 Å². The van der Waals surface area contributed by atoms with Crippen LogP contribution in [0.3, 0.4) is 0 Å². The molecular weight excluding hydrogens is 374 g/mol. The number of carbonyl (C=O) groups excluding carboxylic acids is 2. The Bertz CT molecular complexity index is 516. The fourth-order valence-corrected chi connectivity index (χ4v) is 3.82. The van der Waals surface area contributed by atoms with Crippen molar-refractivity contribution in [3.63, 3.8) is 0 Å². The minimum absolute atomic E-state index is 0.0342. The van der Waals surface area contributed by atoms with E-state index in [1.807, 2.05) is 6.92 Å². The van der Waals surface area contributed by atoms with E-state index < -0.39 is 29.8 Å². The van der Waals surface area contributed by atoms with Crippen LogP contribution < -0.4 is 0 Å². The van der Waals surface area contributed by atoms with Crippen molar-refractivity contribution in [3.05, 3.63) is 0 Å². The second-order valence-corrected chi connectivity index (χ2v) is 9.39. The first-order chi connectivity index (χ1) is 13.5. The molecule has 1 heterocycles. The Labute approximate surface area is 176 Å². The largest absolute Gasteiger partial charge is 0.458 e. The number of hydrogen-bond donors (Lipinski definition) is 0. The molecule has 0 aliphatic carbocycles. The van der Waals surface area contributed by atoms with E-state index in [0.717, 1.165) is 25.7 Å². The number of amides is 1. The molecule has 1 amide bonds. The van der Waals surface area contributed by atoms with E-state index in [2.05, 4.69) is 13.8 Å². The lowest BCUT2D eigenvalue weighted by Gasteiger charge is -2.32. The molecule has 0 bridgehead atoms. The number of methoxy groups -OCH3 is 2. The van der Waals surface area contributed by atoms with E-state index in [1.54, 1.807) is 27.9 Å². The van der Waals surface area contributed by atoms with Gasteiger partial charge in [0.1, 0.15) is 24.5 Å². The number of nitrogens with zero attached hydrogens (tertiary/aromatic N) is 1. The van der Waals surface area contributed by atoms with Gasteiger partial charge in [0.2, 0.25) is 0 Å². The molecule has 0 spiro atoms. The van der Waals surface area contributed by atoms with Crippen LogP contribution in [0.2, 0.25) is 0 Å². The SMILES string of the molecule is COCN(C(=O)OC(C)(C)C)C1CCCC(CCC(C)C)C(OC)C(C)OC1=O. The molecule has 4 unspecified atom stereocenters. The number of carbonyl (C=O) groups is 2. The second kappa shape index (κ2) is 11.7. The van der Waals surface area contributed by atoms with E-state index >= 15 is 0 Å². The zero-order valence-electron chi connectivity index (χ0n) is 19.5. The van der Waals surface area contributed by atoms with Crippen LogP contribution >= 0.6 is 0 Å². The lowest BCUT2D eigenvalue weighted by Crippen LogP contribution is -2.49. The van der Waals surface area contributed by atoms with Gasteiger partial charge in [-0.25, -0.2) is 9.59 Å². The fourth-order valence-electron chi connectivity index (χ4n) is 3.82. The quantitative estimate of drug-likeness (QED) is 0.454. The molecule has 0 radical (unpaired) electrons. The predicted octanol–water partition coefficient (Wildman–Crippen LogP) is 4.38. The molecule has 1 aliphatic heterocycles. The van der Waals surface area contributed by atoms with Crippen molar-refractivity contribution in [1.29, 1.82) is 0 Å². The maximum Gasteiger partial charge on any atom is 0.412 e. The highest BCUT2D eigenvalue weighted by Crippen LogP contribution is 2.30. The van der Waals surface area contributed by atoms with Gasteiger partial charge < -0.3 is 18.9 Å². The highest BCUT2D eigenvalue weighted by atomic mass is 16.6. The van der Waals surface area contributed by atoms with Gasteiger partial charge >= 0.3 is 12.1 Å². The fraction of sp³-hybridized carbons (Fsp3) is 0.909. The average molecular weight is 416 g/mol. The normalized spacial score (nSPS) is 26.3. The smallest absolute Gasteiger partial charge is 0.412 e. The molecule has 0 aromatic rings. The minimum Gasteiger partial charge on any atom is -0.458 e. The molecule has 1 aliphatic rings. The highest BCUT2D eigenvalue weighted by molar-refractivity contribution is 5.81. The molecule has 1 rings (SSSR count). The van der Waals surface area contributed by atoms with Crippen LogP contribution in [0.1, 0.15) is 73.6 Å². The molecule has 29 heavy (non-hydrogen) atoms. The first kappa shape index (κ1) is 25.7. The summed E-state index contributed by atoms with van der Waals surface area (Å²) in [5.74, 6) is 0.475. The van der Waals surface area contributed by atoms with Crippen molar-refractivity contribution in [2.24, 2.45) is 11.8 Å². The van der Waals surface area contributed by atoms with Gasteiger partial charge in [-0.05, 0) is 58.8 Å².